The molecule has 0 amide bonds. The summed E-state index contributed by atoms with van der Waals surface area (Å²) in [7, 11) is 0. The van der Waals surface area contributed by atoms with Crippen molar-refractivity contribution in [3.8, 4) is 0 Å². The molecule has 1 unspecified atom stereocenters. The van der Waals surface area contributed by atoms with Crippen molar-refractivity contribution >= 4 is 5.82 Å². The minimum atomic E-state index is -0.464. The predicted molar refractivity (Wildman–Crippen MR) is 63.1 cm³/mol. The zero-order valence-corrected chi connectivity index (χ0v) is 9.23. The highest BCUT2D eigenvalue weighted by Crippen LogP contribution is 2.31. The van der Waals surface area contributed by atoms with E-state index in [2.05, 4.69) is 21.4 Å². The molecule has 4 heteroatoms. The lowest BCUT2D eigenvalue weighted by atomic mass is 10.2. The molecule has 0 saturated carbocycles. The number of aryl methyl sites for hydroxylation is 1. The zero-order chi connectivity index (χ0) is 11.7. The predicted octanol–water partition coefficient (Wildman–Crippen LogP) is 2.72. The third kappa shape index (κ3) is 1.98. The molecule has 1 aliphatic carbocycles. The number of nitrogens with zero attached hydrogens (tertiary/aromatic N) is 2. The van der Waals surface area contributed by atoms with Gasteiger partial charge in [-0.2, -0.15) is 4.39 Å². The van der Waals surface area contributed by atoms with Gasteiger partial charge in [0.05, 0.1) is 11.7 Å². The summed E-state index contributed by atoms with van der Waals surface area (Å²) in [6, 6.07) is 8.93. The lowest BCUT2D eigenvalue weighted by Crippen LogP contribution is -2.10. The maximum atomic E-state index is 13.0. The van der Waals surface area contributed by atoms with E-state index in [1.54, 1.807) is 18.3 Å². The quantitative estimate of drug-likeness (QED) is 0.804. The molecule has 0 radical (unpaired) electrons. The topological polar surface area (TPSA) is 37.8 Å². The summed E-state index contributed by atoms with van der Waals surface area (Å²) in [4.78, 5) is 8.18. The fraction of sp³-hybridized carbons (Fsp3) is 0.231. The number of aromatic nitrogens is 2. The van der Waals surface area contributed by atoms with E-state index in [4.69, 9.17) is 0 Å². The van der Waals surface area contributed by atoms with E-state index in [0.717, 1.165) is 18.5 Å². The number of anilines is 1. The second-order valence-electron chi connectivity index (χ2n) is 4.13. The molecule has 2 aromatic rings. The van der Waals surface area contributed by atoms with Crippen molar-refractivity contribution in [1.29, 1.82) is 0 Å². The molecule has 0 bridgehead atoms. The van der Waals surface area contributed by atoms with Crippen LogP contribution in [0.2, 0.25) is 0 Å². The number of nitrogens with one attached hydrogen (secondary N) is 1. The molecule has 0 fully saturated rings. The average molecular weight is 229 g/mol. The van der Waals surface area contributed by atoms with Gasteiger partial charge in [0.15, 0.2) is 0 Å². The third-order valence-electron chi connectivity index (χ3n) is 3.00. The molecule has 3 nitrogen and oxygen atoms in total. The highest BCUT2D eigenvalue weighted by Gasteiger charge is 2.23. The maximum Gasteiger partial charge on any atom is 0.214 e. The molecule has 86 valence electrons. The molecule has 0 spiro atoms. The maximum absolute atomic E-state index is 13.0. The van der Waals surface area contributed by atoms with Gasteiger partial charge in [0.1, 0.15) is 5.82 Å². The highest BCUT2D eigenvalue weighted by atomic mass is 19.1. The summed E-state index contributed by atoms with van der Waals surface area (Å²) in [6.07, 6.45) is 3.78. The van der Waals surface area contributed by atoms with Gasteiger partial charge in [-0.25, -0.2) is 4.98 Å². The monoisotopic (exact) mass is 229 g/mol. The fourth-order valence-corrected chi connectivity index (χ4v) is 2.22. The molecular formula is C13H12FN3. The first-order valence-electron chi connectivity index (χ1n) is 5.66. The van der Waals surface area contributed by atoms with Crippen LogP contribution in [-0.4, -0.2) is 9.97 Å². The van der Waals surface area contributed by atoms with E-state index in [-0.39, 0.29) is 6.04 Å². The van der Waals surface area contributed by atoms with Crippen LogP contribution in [0.4, 0.5) is 10.2 Å². The van der Waals surface area contributed by atoms with Crippen molar-refractivity contribution in [3.63, 3.8) is 0 Å². The summed E-state index contributed by atoms with van der Waals surface area (Å²) < 4.78 is 13.0. The largest absolute Gasteiger partial charge is 0.362 e. The Balaban J connectivity index is 1.84. The normalized spacial score (nSPS) is 17.8. The van der Waals surface area contributed by atoms with Crippen LogP contribution in [0.3, 0.4) is 0 Å². The Morgan fingerprint density at radius 1 is 1.24 bits per heavy atom. The van der Waals surface area contributed by atoms with Gasteiger partial charge in [0, 0.05) is 6.20 Å². The fourth-order valence-electron chi connectivity index (χ4n) is 2.22. The number of hydrogen-bond acceptors (Lipinski definition) is 3. The van der Waals surface area contributed by atoms with Crippen LogP contribution in [0.1, 0.15) is 23.7 Å². The molecule has 1 N–H and O–H groups in total. The summed E-state index contributed by atoms with van der Waals surface area (Å²) >= 11 is 0. The van der Waals surface area contributed by atoms with Gasteiger partial charge < -0.3 is 5.32 Å². The average Bonchev–Trinajstić information content (AvgIpc) is 2.73. The van der Waals surface area contributed by atoms with E-state index in [9.17, 15) is 4.39 Å². The lowest BCUT2D eigenvalue weighted by molar-refractivity contribution is 0.583. The number of rotatable bonds is 2. The lowest BCUT2D eigenvalue weighted by Gasteiger charge is -2.13. The van der Waals surface area contributed by atoms with Crippen LogP contribution in [0, 0.1) is 5.95 Å². The first-order valence-corrected chi connectivity index (χ1v) is 5.66. The van der Waals surface area contributed by atoms with Crippen LogP contribution < -0.4 is 5.32 Å². The Bertz CT molecular complexity index is 542. The van der Waals surface area contributed by atoms with Crippen LogP contribution in [-0.2, 0) is 6.42 Å². The van der Waals surface area contributed by atoms with E-state index in [0.29, 0.717) is 5.82 Å². The number of fused-ring (bicyclic) bond motifs is 1. The standard InChI is InChI=1S/C13H12FN3/c14-11-4-1-5-12(17-11)16-10-7-6-9-3-2-8-15-13(9)10/h1-5,8,10H,6-7H2,(H,16,17). The van der Waals surface area contributed by atoms with Crippen LogP contribution in [0.15, 0.2) is 36.5 Å². The van der Waals surface area contributed by atoms with Crippen molar-refractivity contribution in [2.75, 3.05) is 5.32 Å². The van der Waals surface area contributed by atoms with Crippen LogP contribution in [0.5, 0.6) is 0 Å². The molecular weight excluding hydrogens is 217 g/mol. The van der Waals surface area contributed by atoms with Crippen LogP contribution in [0.25, 0.3) is 0 Å². The molecule has 0 aliphatic heterocycles. The minimum Gasteiger partial charge on any atom is -0.362 e. The van der Waals surface area contributed by atoms with E-state index < -0.39 is 5.95 Å². The van der Waals surface area contributed by atoms with Gasteiger partial charge in [-0.1, -0.05) is 12.1 Å². The van der Waals surface area contributed by atoms with Crippen molar-refractivity contribution in [2.24, 2.45) is 0 Å². The van der Waals surface area contributed by atoms with E-state index >= 15 is 0 Å². The Kier molecular flexibility index (Phi) is 2.48. The molecule has 2 aromatic heterocycles. The molecule has 0 aromatic carbocycles. The summed E-state index contributed by atoms with van der Waals surface area (Å²) in [5.41, 5.74) is 2.32. The van der Waals surface area contributed by atoms with Gasteiger partial charge in [0.2, 0.25) is 5.95 Å². The molecule has 1 atom stereocenters. The van der Waals surface area contributed by atoms with Crippen molar-refractivity contribution in [3.05, 3.63) is 53.7 Å². The molecule has 1 aliphatic rings. The first kappa shape index (κ1) is 10.2. The second-order valence-corrected chi connectivity index (χ2v) is 4.13. The zero-order valence-electron chi connectivity index (χ0n) is 9.23. The highest BCUT2D eigenvalue weighted by molar-refractivity contribution is 5.40. The number of hydrogen-bond donors (Lipinski definition) is 1. The van der Waals surface area contributed by atoms with Gasteiger partial charge in [0.25, 0.3) is 0 Å². The van der Waals surface area contributed by atoms with E-state index in [1.165, 1.54) is 11.6 Å². The smallest absolute Gasteiger partial charge is 0.214 e. The summed E-state index contributed by atoms with van der Waals surface area (Å²) in [6.45, 7) is 0. The van der Waals surface area contributed by atoms with Gasteiger partial charge in [-0.05, 0) is 36.6 Å². The van der Waals surface area contributed by atoms with Gasteiger partial charge in [-0.15, -0.1) is 0 Å². The molecule has 3 rings (SSSR count). The SMILES string of the molecule is Fc1cccc(NC2CCc3cccnc32)n1. The molecule has 17 heavy (non-hydrogen) atoms. The summed E-state index contributed by atoms with van der Waals surface area (Å²) in [5.74, 6) is 0.0998. The van der Waals surface area contributed by atoms with Gasteiger partial charge >= 0.3 is 0 Å². The number of pyridine rings is 2. The van der Waals surface area contributed by atoms with Crippen molar-refractivity contribution < 1.29 is 4.39 Å². The molecule has 2 heterocycles. The third-order valence-corrected chi connectivity index (χ3v) is 3.00. The number of halogens is 1. The first-order chi connectivity index (χ1) is 8.33. The van der Waals surface area contributed by atoms with Crippen molar-refractivity contribution in [1.82, 2.24) is 9.97 Å². The van der Waals surface area contributed by atoms with Gasteiger partial charge in [-0.3, -0.25) is 4.98 Å². The Morgan fingerprint density at radius 2 is 2.18 bits per heavy atom. The molecule has 0 saturated heterocycles. The summed E-state index contributed by atoms with van der Waals surface area (Å²) in [5, 5.41) is 3.22. The Morgan fingerprint density at radius 3 is 3.06 bits per heavy atom. The minimum absolute atomic E-state index is 0.139. The second kappa shape index (κ2) is 4.13. The van der Waals surface area contributed by atoms with Crippen molar-refractivity contribution in [2.45, 2.75) is 18.9 Å². The Labute approximate surface area is 98.7 Å². The Hall–Kier alpha value is -1.97. The van der Waals surface area contributed by atoms with E-state index in [1.807, 2.05) is 6.07 Å². The van der Waals surface area contributed by atoms with Crippen LogP contribution >= 0.6 is 0 Å².